The van der Waals surface area contributed by atoms with Gasteiger partial charge in [0, 0.05) is 29.3 Å². The first kappa shape index (κ1) is 13.5. The van der Waals surface area contributed by atoms with Crippen LogP contribution in [0, 0.1) is 0 Å². The first-order valence-electron chi connectivity index (χ1n) is 5.46. The number of imidazole rings is 1. The highest BCUT2D eigenvalue weighted by Gasteiger charge is 2.19. The molecule has 1 heterocycles. The SMILES string of the molecule is CCc1nc(S(=O)(=O)Cl)cn1C(CC)CC. The van der Waals surface area contributed by atoms with Crippen LogP contribution in [0.5, 0.6) is 0 Å². The van der Waals surface area contributed by atoms with E-state index in [1.807, 2.05) is 11.5 Å². The van der Waals surface area contributed by atoms with Crippen LogP contribution in [0.4, 0.5) is 0 Å². The van der Waals surface area contributed by atoms with Crippen LogP contribution in [0.25, 0.3) is 0 Å². The van der Waals surface area contributed by atoms with Gasteiger partial charge in [0.1, 0.15) is 5.82 Å². The molecule has 0 spiro atoms. The first-order chi connectivity index (χ1) is 7.43. The smallest absolute Gasteiger partial charge is 0.280 e. The van der Waals surface area contributed by atoms with Crippen molar-refractivity contribution in [3.8, 4) is 0 Å². The van der Waals surface area contributed by atoms with E-state index < -0.39 is 9.05 Å². The number of aromatic nitrogens is 2. The van der Waals surface area contributed by atoms with E-state index in [-0.39, 0.29) is 11.1 Å². The van der Waals surface area contributed by atoms with Gasteiger partial charge in [-0.05, 0) is 12.8 Å². The van der Waals surface area contributed by atoms with Gasteiger partial charge in [-0.3, -0.25) is 0 Å². The molecular weight excluding hydrogens is 248 g/mol. The molecule has 6 heteroatoms. The standard InChI is InChI=1S/C10H17ClN2O2S/c1-4-8(5-2)13-7-10(16(11,14)15)12-9(13)6-3/h7-8H,4-6H2,1-3H3. The van der Waals surface area contributed by atoms with Gasteiger partial charge in [-0.15, -0.1) is 0 Å². The van der Waals surface area contributed by atoms with Crippen LogP contribution in [0.2, 0.25) is 0 Å². The van der Waals surface area contributed by atoms with Gasteiger partial charge in [0.15, 0.2) is 5.03 Å². The molecule has 0 saturated carbocycles. The summed E-state index contributed by atoms with van der Waals surface area (Å²) < 4.78 is 24.3. The largest absolute Gasteiger partial charge is 0.330 e. The zero-order chi connectivity index (χ0) is 12.3. The minimum atomic E-state index is -3.72. The Morgan fingerprint density at radius 2 is 1.94 bits per heavy atom. The zero-order valence-corrected chi connectivity index (χ0v) is 11.3. The first-order valence-corrected chi connectivity index (χ1v) is 7.77. The number of halogens is 1. The lowest BCUT2D eigenvalue weighted by molar-refractivity contribution is 0.456. The van der Waals surface area contributed by atoms with Gasteiger partial charge in [-0.1, -0.05) is 20.8 Å². The van der Waals surface area contributed by atoms with Crippen LogP contribution in [0.3, 0.4) is 0 Å². The molecule has 0 atom stereocenters. The molecule has 1 aromatic heterocycles. The summed E-state index contributed by atoms with van der Waals surface area (Å²) in [5, 5.41) is -0.0436. The maximum atomic E-state index is 11.2. The van der Waals surface area contributed by atoms with Gasteiger partial charge in [-0.25, -0.2) is 13.4 Å². The van der Waals surface area contributed by atoms with E-state index in [1.165, 1.54) is 0 Å². The Morgan fingerprint density at radius 1 is 1.38 bits per heavy atom. The monoisotopic (exact) mass is 264 g/mol. The molecule has 0 bridgehead atoms. The second-order valence-corrected chi connectivity index (χ2v) is 6.18. The van der Waals surface area contributed by atoms with Crippen molar-refractivity contribution >= 4 is 19.7 Å². The minimum absolute atomic E-state index is 0.0436. The molecule has 0 unspecified atom stereocenters. The maximum Gasteiger partial charge on any atom is 0.280 e. The second kappa shape index (κ2) is 5.19. The molecule has 0 aliphatic carbocycles. The summed E-state index contributed by atoms with van der Waals surface area (Å²) in [7, 11) is 1.56. The lowest BCUT2D eigenvalue weighted by Crippen LogP contribution is -2.09. The van der Waals surface area contributed by atoms with E-state index in [0.29, 0.717) is 6.42 Å². The molecule has 1 rings (SSSR count). The fourth-order valence-corrected chi connectivity index (χ4v) is 2.46. The number of aryl methyl sites for hydroxylation is 1. The molecular formula is C10H17ClN2O2S. The third kappa shape index (κ3) is 2.77. The number of hydrogen-bond donors (Lipinski definition) is 0. The van der Waals surface area contributed by atoms with Gasteiger partial charge >= 0.3 is 0 Å². The minimum Gasteiger partial charge on any atom is -0.330 e. The Labute approximate surface area is 101 Å². The highest BCUT2D eigenvalue weighted by Crippen LogP contribution is 2.22. The average Bonchev–Trinajstić information content (AvgIpc) is 2.63. The molecule has 0 aliphatic rings. The molecule has 0 amide bonds. The van der Waals surface area contributed by atoms with Gasteiger partial charge in [-0.2, -0.15) is 0 Å². The number of rotatable bonds is 5. The normalized spacial score (nSPS) is 12.3. The van der Waals surface area contributed by atoms with E-state index in [4.69, 9.17) is 10.7 Å². The van der Waals surface area contributed by atoms with E-state index in [0.717, 1.165) is 18.7 Å². The van der Waals surface area contributed by atoms with Crippen LogP contribution < -0.4 is 0 Å². The molecule has 0 aliphatic heterocycles. The fourth-order valence-electron chi connectivity index (χ4n) is 1.78. The fraction of sp³-hybridized carbons (Fsp3) is 0.700. The highest BCUT2D eigenvalue weighted by atomic mass is 35.7. The predicted molar refractivity (Wildman–Crippen MR) is 64.3 cm³/mol. The molecule has 1 aromatic rings. The Bertz CT molecular complexity index is 449. The molecule has 0 N–H and O–H groups in total. The zero-order valence-electron chi connectivity index (χ0n) is 9.77. The van der Waals surface area contributed by atoms with Crippen molar-refractivity contribution < 1.29 is 8.42 Å². The van der Waals surface area contributed by atoms with Crippen molar-refractivity contribution in [1.29, 1.82) is 0 Å². The van der Waals surface area contributed by atoms with Crippen molar-refractivity contribution in [1.82, 2.24) is 9.55 Å². The summed E-state index contributed by atoms with van der Waals surface area (Å²) in [5.74, 6) is 0.771. The van der Waals surface area contributed by atoms with E-state index in [1.54, 1.807) is 6.20 Å². The summed E-state index contributed by atoms with van der Waals surface area (Å²) in [6.45, 7) is 6.09. The van der Waals surface area contributed by atoms with Crippen LogP contribution in [-0.2, 0) is 15.5 Å². The van der Waals surface area contributed by atoms with E-state index in [2.05, 4.69) is 18.8 Å². The van der Waals surface area contributed by atoms with Crippen LogP contribution in [0.15, 0.2) is 11.2 Å². The third-order valence-electron chi connectivity index (χ3n) is 2.69. The highest BCUT2D eigenvalue weighted by molar-refractivity contribution is 8.13. The van der Waals surface area contributed by atoms with Crippen molar-refractivity contribution in [2.75, 3.05) is 0 Å². The summed E-state index contributed by atoms with van der Waals surface area (Å²) >= 11 is 0. The molecule has 0 radical (unpaired) electrons. The maximum absolute atomic E-state index is 11.2. The predicted octanol–water partition coefficient (Wildman–Crippen LogP) is 2.73. The third-order valence-corrected chi connectivity index (χ3v) is 3.86. The van der Waals surface area contributed by atoms with Gasteiger partial charge in [0.05, 0.1) is 0 Å². The number of hydrogen-bond acceptors (Lipinski definition) is 3. The van der Waals surface area contributed by atoms with Gasteiger partial charge in [0.2, 0.25) is 0 Å². The molecule has 0 saturated heterocycles. The van der Waals surface area contributed by atoms with Crippen LogP contribution >= 0.6 is 10.7 Å². The Kier molecular flexibility index (Phi) is 4.38. The molecule has 92 valence electrons. The Morgan fingerprint density at radius 3 is 2.31 bits per heavy atom. The lowest BCUT2D eigenvalue weighted by atomic mass is 10.1. The van der Waals surface area contributed by atoms with Crippen molar-refractivity contribution in [3.63, 3.8) is 0 Å². The topological polar surface area (TPSA) is 52.0 Å². The number of nitrogens with zero attached hydrogens (tertiary/aromatic N) is 2. The van der Waals surface area contributed by atoms with Crippen molar-refractivity contribution in [3.05, 3.63) is 12.0 Å². The van der Waals surface area contributed by atoms with E-state index >= 15 is 0 Å². The molecule has 0 fully saturated rings. The molecule has 16 heavy (non-hydrogen) atoms. The Balaban J connectivity index is 3.23. The summed E-state index contributed by atoms with van der Waals surface area (Å²) in [6, 6.07) is 0.287. The Hall–Kier alpha value is -0.550. The summed E-state index contributed by atoms with van der Waals surface area (Å²) in [6.07, 6.45) is 4.13. The lowest BCUT2D eigenvalue weighted by Gasteiger charge is -2.16. The van der Waals surface area contributed by atoms with Gasteiger partial charge < -0.3 is 4.57 Å². The second-order valence-electron chi connectivity index (χ2n) is 3.66. The van der Waals surface area contributed by atoms with Crippen LogP contribution in [-0.4, -0.2) is 18.0 Å². The van der Waals surface area contributed by atoms with Crippen molar-refractivity contribution in [2.45, 2.75) is 51.1 Å². The van der Waals surface area contributed by atoms with E-state index in [9.17, 15) is 8.42 Å². The van der Waals surface area contributed by atoms with Crippen LogP contribution in [0.1, 0.15) is 45.5 Å². The van der Waals surface area contributed by atoms with Crippen molar-refractivity contribution in [2.24, 2.45) is 0 Å². The molecule has 4 nitrogen and oxygen atoms in total. The van der Waals surface area contributed by atoms with Gasteiger partial charge in [0.25, 0.3) is 9.05 Å². The summed E-state index contributed by atoms with van der Waals surface area (Å²) in [4.78, 5) is 4.06. The quantitative estimate of drug-likeness (QED) is 0.769. The molecule has 0 aromatic carbocycles. The summed E-state index contributed by atoms with van der Waals surface area (Å²) in [5.41, 5.74) is 0. The average molecular weight is 265 g/mol.